The highest BCUT2D eigenvalue weighted by Gasteiger charge is 2.40. The SMILES string of the molecule is CN1CCc2cc3c(c4c2[C@H]1Cc1ccc2c(c1-4)OCO2)OCO3. The van der Waals surface area contributed by atoms with Gasteiger partial charge in [-0.25, -0.2) is 0 Å². The van der Waals surface area contributed by atoms with Crippen LogP contribution in [0, 0.1) is 0 Å². The molecule has 0 fully saturated rings. The minimum Gasteiger partial charge on any atom is -0.454 e. The molecule has 0 bridgehead atoms. The average Bonchev–Trinajstić information content (AvgIpc) is 3.25. The summed E-state index contributed by atoms with van der Waals surface area (Å²) in [6.07, 6.45) is 2.02. The Bertz CT molecular complexity index is 892. The second-order valence-corrected chi connectivity index (χ2v) is 6.84. The molecule has 1 aliphatic carbocycles. The molecule has 24 heavy (non-hydrogen) atoms. The van der Waals surface area contributed by atoms with E-state index in [0.29, 0.717) is 6.04 Å². The van der Waals surface area contributed by atoms with Gasteiger partial charge in [0.25, 0.3) is 0 Å². The first-order valence-corrected chi connectivity index (χ1v) is 8.38. The van der Waals surface area contributed by atoms with Crippen LogP contribution in [-0.2, 0) is 12.8 Å². The molecule has 2 aromatic rings. The molecule has 0 aromatic heterocycles. The monoisotopic (exact) mass is 323 g/mol. The fourth-order valence-electron chi connectivity index (χ4n) is 4.54. The predicted molar refractivity (Wildman–Crippen MR) is 86.9 cm³/mol. The zero-order chi connectivity index (χ0) is 15.8. The largest absolute Gasteiger partial charge is 0.454 e. The molecule has 6 rings (SSSR count). The van der Waals surface area contributed by atoms with Gasteiger partial charge in [-0.2, -0.15) is 0 Å². The summed E-state index contributed by atoms with van der Waals surface area (Å²) in [5, 5.41) is 0. The quantitative estimate of drug-likeness (QED) is 0.745. The summed E-state index contributed by atoms with van der Waals surface area (Å²) in [5.41, 5.74) is 6.33. The maximum absolute atomic E-state index is 5.88. The van der Waals surface area contributed by atoms with Gasteiger partial charge in [0.2, 0.25) is 13.6 Å². The number of hydrogen-bond acceptors (Lipinski definition) is 5. The van der Waals surface area contributed by atoms with Gasteiger partial charge >= 0.3 is 0 Å². The van der Waals surface area contributed by atoms with Crippen molar-refractivity contribution in [3.05, 3.63) is 34.9 Å². The van der Waals surface area contributed by atoms with Crippen LogP contribution in [0.2, 0.25) is 0 Å². The first kappa shape index (κ1) is 13.0. The van der Waals surface area contributed by atoms with Crippen LogP contribution >= 0.6 is 0 Å². The Morgan fingerprint density at radius 2 is 1.71 bits per heavy atom. The van der Waals surface area contributed by atoms with Gasteiger partial charge in [0.15, 0.2) is 23.0 Å². The molecule has 3 aliphatic heterocycles. The molecule has 1 atom stereocenters. The third-order valence-electron chi connectivity index (χ3n) is 5.68. The van der Waals surface area contributed by atoms with Crippen molar-refractivity contribution in [3.8, 4) is 34.1 Å². The van der Waals surface area contributed by atoms with E-state index in [4.69, 9.17) is 18.9 Å². The van der Waals surface area contributed by atoms with E-state index in [9.17, 15) is 0 Å². The predicted octanol–water partition coefficient (Wildman–Crippen LogP) is 2.90. The van der Waals surface area contributed by atoms with Crippen molar-refractivity contribution in [2.24, 2.45) is 0 Å². The van der Waals surface area contributed by atoms with Gasteiger partial charge in [0.05, 0.1) is 0 Å². The number of rotatable bonds is 0. The van der Waals surface area contributed by atoms with Crippen LogP contribution in [0.3, 0.4) is 0 Å². The summed E-state index contributed by atoms with van der Waals surface area (Å²) in [5.74, 6) is 3.39. The molecule has 122 valence electrons. The van der Waals surface area contributed by atoms with E-state index in [1.807, 2.05) is 6.07 Å². The Labute approximate surface area is 139 Å². The molecule has 0 radical (unpaired) electrons. The number of fused-ring (bicyclic) bond motifs is 6. The molecule has 0 spiro atoms. The summed E-state index contributed by atoms with van der Waals surface area (Å²) in [6, 6.07) is 6.75. The minimum atomic E-state index is 0.281. The second-order valence-electron chi connectivity index (χ2n) is 6.84. The van der Waals surface area contributed by atoms with Crippen LogP contribution < -0.4 is 18.9 Å². The van der Waals surface area contributed by atoms with E-state index in [1.54, 1.807) is 0 Å². The molecule has 0 unspecified atom stereocenters. The first-order chi connectivity index (χ1) is 11.8. The fourth-order valence-corrected chi connectivity index (χ4v) is 4.54. The summed E-state index contributed by atoms with van der Waals surface area (Å²) in [7, 11) is 2.21. The van der Waals surface area contributed by atoms with E-state index < -0.39 is 0 Å². The lowest BCUT2D eigenvalue weighted by molar-refractivity contribution is 0.172. The summed E-state index contributed by atoms with van der Waals surface area (Å²) in [6.45, 7) is 1.63. The number of benzene rings is 2. The van der Waals surface area contributed by atoms with Gasteiger partial charge in [-0.3, -0.25) is 4.90 Å². The maximum Gasteiger partial charge on any atom is 0.231 e. The first-order valence-electron chi connectivity index (χ1n) is 8.38. The third-order valence-corrected chi connectivity index (χ3v) is 5.68. The Kier molecular flexibility index (Phi) is 2.35. The lowest BCUT2D eigenvalue weighted by Crippen LogP contribution is -2.35. The maximum atomic E-state index is 5.88. The van der Waals surface area contributed by atoms with Crippen molar-refractivity contribution in [2.45, 2.75) is 18.9 Å². The highest BCUT2D eigenvalue weighted by atomic mass is 16.7. The van der Waals surface area contributed by atoms with Crippen LogP contribution in [0.25, 0.3) is 11.1 Å². The second kappa shape index (κ2) is 4.36. The Morgan fingerprint density at radius 3 is 2.58 bits per heavy atom. The molecular weight excluding hydrogens is 306 g/mol. The smallest absolute Gasteiger partial charge is 0.231 e. The lowest BCUT2D eigenvalue weighted by Gasteiger charge is -2.40. The average molecular weight is 323 g/mol. The molecule has 0 N–H and O–H groups in total. The molecule has 5 nitrogen and oxygen atoms in total. The highest BCUT2D eigenvalue weighted by molar-refractivity contribution is 5.89. The minimum absolute atomic E-state index is 0.281. The van der Waals surface area contributed by atoms with Gasteiger partial charge in [0.1, 0.15) is 0 Å². The fraction of sp³-hybridized carbons (Fsp3) is 0.368. The molecular formula is C19H17NO4. The summed E-state index contributed by atoms with van der Waals surface area (Å²) >= 11 is 0. The zero-order valence-corrected chi connectivity index (χ0v) is 13.4. The molecule has 0 saturated carbocycles. The van der Waals surface area contributed by atoms with Crippen LogP contribution in [0.5, 0.6) is 23.0 Å². The lowest BCUT2D eigenvalue weighted by atomic mass is 9.76. The van der Waals surface area contributed by atoms with Crippen molar-refractivity contribution in [1.82, 2.24) is 4.90 Å². The van der Waals surface area contributed by atoms with Gasteiger partial charge in [-0.15, -0.1) is 0 Å². The van der Waals surface area contributed by atoms with Crippen LogP contribution in [0.15, 0.2) is 18.2 Å². The number of nitrogens with zero attached hydrogens (tertiary/aromatic N) is 1. The van der Waals surface area contributed by atoms with Crippen LogP contribution in [0.1, 0.15) is 22.7 Å². The molecule has 5 heteroatoms. The van der Waals surface area contributed by atoms with Crippen molar-refractivity contribution >= 4 is 0 Å². The number of ether oxygens (including phenoxy) is 4. The van der Waals surface area contributed by atoms with Crippen molar-refractivity contribution in [2.75, 3.05) is 27.2 Å². The highest BCUT2D eigenvalue weighted by Crippen LogP contribution is 2.57. The molecule has 0 amide bonds. The van der Waals surface area contributed by atoms with Gasteiger partial charge in [0, 0.05) is 23.7 Å². The summed E-state index contributed by atoms with van der Waals surface area (Å²) in [4.78, 5) is 2.45. The Hall–Kier alpha value is -2.40. The van der Waals surface area contributed by atoms with E-state index in [1.165, 1.54) is 16.7 Å². The van der Waals surface area contributed by atoms with Crippen molar-refractivity contribution in [3.63, 3.8) is 0 Å². The number of hydrogen-bond donors (Lipinski definition) is 0. The van der Waals surface area contributed by atoms with Crippen LogP contribution in [-0.4, -0.2) is 32.1 Å². The molecule has 0 saturated heterocycles. The summed E-state index contributed by atoms with van der Waals surface area (Å²) < 4.78 is 23.1. The topological polar surface area (TPSA) is 40.2 Å². The van der Waals surface area contributed by atoms with E-state index in [2.05, 4.69) is 24.1 Å². The molecule has 2 aromatic carbocycles. The van der Waals surface area contributed by atoms with Crippen molar-refractivity contribution < 1.29 is 18.9 Å². The molecule has 4 aliphatic rings. The third kappa shape index (κ3) is 1.48. The van der Waals surface area contributed by atoms with Gasteiger partial charge in [-0.05, 0) is 48.7 Å². The van der Waals surface area contributed by atoms with Crippen molar-refractivity contribution in [1.29, 1.82) is 0 Å². The normalized spacial score (nSPS) is 22.3. The molecule has 3 heterocycles. The zero-order valence-electron chi connectivity index (χ0n) is 13.4. The number of likely N-dealkylation sites (N-methyl/N-ethyl adjacent to an activating group) is 1. The Morgan fingerprint density at radius 1 is 0.917 bits per heavy atom. The van der Waals surface area contributed by atoms with E-state index in [-0.39, 0.29) is 13.6 Å². The standard InChI is InChI=1S/C19H17NO4/c1-20-5-4-11-7-14-19(24-9-22-14)17-15(11)12(20)6-10-2-3-13-18(16(10)17)23-8-21-13/h2-3,7,12H,4-6,8-9H2,1H3/t12-/m1/s1. The van der Waals surface area contributed by atoms with E-state index >= 15 is 0 Å². The van der Waals surface area contributed by atoms with Gasteiger partial charge in [-0.1, -0.05) is 6.07 Å². The Balaban J connectivity index is 1.74. The van der Waals surface area contributed by atoms with Gasteiger partial charge < -0.3 is 18.9 Å². The van der Waals surface area contributed by atoms with E-state index in [0.717, 1.165) is 53.5 Å². The van der Waals surface area contributed by atoms with Crippen LogP contribution in [0.4, 0.5) is 0 Å².